The van der Waals surface area contributed by atoms with Crippen LogP contribution in [-0.2, 0) is 11.3 Å². The van der Waals surface area contributed by atoms with Gasteiger partial charge in [-0.05, 0) is 37.3 Å². The molecule has 1 saturated carbocycles. The number of fused-ring (bicyclic) bond motifs is 1. The lowest BCUT2D eigenvalue weighted by molar-refractivity contribution is -0.127. The number of benzene rings is 1. The molecule has 1 fully saturated rings. The van der Waals surface area contributed by atoms with Gasteiger partial charge in [0.2, 0.25) is 5.91 Å². The Morgan fingerprint density at radius 1 is 1.26 bits per heavy atom. The van der Waals surface area contributed by atoms with Crippen LogP contribution in [0, 0.1) is 5.92 Å². The number of carbonyl (C=O) groups excluding carboxylic acids is 1. The lowest BCUT2D eigenvalue weighted by Gasteiger charge is -2.27. The molecule has 0 N–H and O–H groups in total. The molecule has 1 aromatic heterocycles. The fourth-order valence-electron chi connectivity index (χ4n) is 3.77. The van der Waals surface area contributed by atoms with E-state index in [-0.39, 0.29) is 11.5 Å². The topological polar surface area (TPSA) is 55.2 Å². The van der Waals surface area contributed by atoms with E-state index >= 15 is 0 Å². The lowest BCUT2D eigenvalue weighted by atomic mass is 9.89. The Balaban J connectivity index is 1.70. The van der Waals surface area contributed by atoms with Gasteiger partial charge in [-0.25, -0.2) is 4.98 Å². The number of carbonyl (C=O) groups is 1. The molecule has 0 unspecified atom stereocenters. The normalized spacial score (nSPS) is 15.2. The van der Waals surface area contributed by atoms with E-state index in [0.717, 1.165) is 13.0 Å². The molecule has 0 radical (unpaired) electrons. The van der Waals surface area contributed by atoms with Crippen molar-refractivity contribution in [1.29, 1.82) is 0 Å². The van der Waals surface area contributed by atoms with Crippen molar-refractivity contribution in [3.05, 3.63) is 34.6 Å². The highest BCUT2D eigenvalue weighted by molar-refractivity contribution is 7.99. The number of hydrogen-bond donors (Lipinski definition) is 0. The van der Waals surface area contributed by atoms with Crippen LogP contribution in [0.2, 0.25) is 0 Å². The smallest absolute Gasteiger partial charge is 0.262 e. The Hall–Kier alpha value is -1.82. The van der Waals surface area contributed by atoms with E-state index in [1.807, 2.05) is 43.1 Å². The zero-order valence-electron chi connectivity index (χ0n) is 16.3. The van der Waals surface area contributed by atoms with Crippen molar-refractivity contribution in [3.8, 4) is 0 Å². The highest BCUT2D eigenvalue weighted by Gasteiger charge is 2.19. The van der Waals surface area contributed by atoms with Crippen LogP contribution in [0.4, 0.5) is 0 Å². The third-order valence-electron chi connectivity index (χ3n) is 5.28. The first-order chi connectivity index (χ1) is 13.1. The van der Waals surface area contributed by atoms with Crippen molar-refractivity contribution in [1.82, 2.24) is 14.5 Å². The quantitative estimate of drug-likeness (QED) is 0.533. The SMILES string of the molecule is CCCn1c(SCC(=O)N(C)CC2CCCCC2)nc2ccccc2c1=O. The van der Waals surface area contributed by atoms with Crippen molar-refractivity contribution in [3.63, 3.8) is 0 Å². The largest absolute Gasteiger partial charge is 0.345 e. The summed E-state index contributed by atoms with van der Waals surface area (Å²) in [5.74, 6) is 1.06. The van der Waals surface area contributed by atoms with Gasteiger partial charge >= 0.3 is 0 Å². The van der Waals surface area contributed by atoms with Gasteiger partial charge in [-0.15, -0.1) is 0 Å². The third kappa shape index (κ3) is 4.92. The molecule has 1 aromatic carbocycles. The summed E-state index contributed by atoms with van der Waals surface area (Å²) >= 11 is 1.38. The average molecular weight is 388 g/mol. The number of thioether (sulfide) groups is 1. The van der Waals surface area contributed by atoms with Gasteiger partial charge in [0.1, 0.15) is 0 Å². The molecule has 3 rings (SSSR count). The lowest BCUT2D eigenvalue weighted by Crippen LogP contribution is -2.34. The van der Waals surface area contributed by atoms with E-state index < -0.39 is 0 Å². The van der Waals surface area contributed by atoms with Crippen LogP contribution >= 0.6 is 11.8 Å². The van der Waals surface area contributed by atoms with Crippen LogP contribution in [0.15, 0.2) is 34.2 Å². The molecule has 1 aliphatic rings. The first-order valence-electron chi connectivity index (χ1n) is 9.96. The minimum atomic E-state index is -0.0204. The van der Waals surface area contributed by atoms with Gasteiger partial charge in [0, 0.05) is 20.1 Å². The molecule has 1 amide bonds. The van der Waals surface area contributed by atoms with Crippen molar-refractivity contribution < 1.29 is 4.79 Å². The zero-order valence-corrected chi connectivity index (χ0v) is 17.1. The van der Waals surface area contributed by atoms with Crippen molar-refractivity contribution in [2.75, 3.05) is 19.3 Å². The van der Waals surface area contributed by atoms with Crippen LogP contribution in [-0.4, -0.2) is 39.7 Å². The van der Waals surface area contributed by atoms with E-state index in [9.17, 15) is 9.59 Å². The van der Waals surface area contributed by atoms with Gasteiger partial charge in [0.15, 0.2) is 5.16 Å². The van der Waals surface area contributed by atoms with Gasteiger partial charge in [-0.3, -0.25) is 14.2 Å². The summed E-state index contributed by atoms with van der Waals surface area (Å²) in [4.78, 5) is 31.9. The monoisotopic (exact) mass is 387 g/mol. The van der Waals surface area contributed by atoms with E-state index in [2.05, 4.69) is 4.98 Å². The maximum atomic E-state index is 12.8. The molecular formula is C21H29N3O2S. The number of amides is 1. The summed E-state index contributed by atoms with van der Waals surface area (Å²) in [6.45, 7) is 3.50. The minimum Gasteiger partial charge on any atom is -0.345 e. The van der Waals surface area contributed by atoms with E-state index in [1.54, 1.807) is 4.57 Å². The fourth-order valence-corrected chi connectivity index (χ4v) is 4.74. The molecule has 0 atom stereocenters. The first kappa shape index (κ1) is 19.9. The number of hydrogen-bond acceptors (Lipinski definition) is 4. The first-order valence-corrected chi connectivity index (χ1v) is 10.9. The standard InChI is InChI=1S/C21H29N3O2S/c1-3-13-24-20(26)17-11-7-8-12-18(17)22-21(24)27-15-19(25)23(2)14-16-9-5-4-6-10-16/h7-8,11-12,16H,3-6,9-10,13-15H2,1-2H3. The number of para-hydroxylation sites is 1. The van der Waals surface area contributed by atoms with Crippen LogP contribution in [0.25, 0.3) is 10.9 Å². The molecule has 5 nitrogen and oxygen atoms in total. The Morgan fingerprint density at radius 2 is 2.00 bits per heavy atom. The van der Waals surface area contributed by atoms with Gasteiger partial charge in [-0.2, -0.15) is 0 Å². The summed E-state index contributed by atoms with van der Waals surface area (Å²) in [5.41, 5.74) is 0.674. The molecular weight excluding hydrogens is 358 g/mol. The maximum Gasteiger partial charge on any atom is 0.262 e. The second-order valence-electron chi connectivity index (χ2n) is 7.44. The van der Waals surface area contributed by atoms with E-state index in [4.69, 9.17) is 0 Å². The summed E-state index contributed by atoms with van der Waals surface area (Å²) in [6.07, 6.45) is 7.20. The Bertz CT molecular complexity index is 843. The molecule has 2 aromatic rings. The highest BCUT2D eigenvalue weighted by Crippen LogP contribution is 2.25. The summed E-state index contributed by atoms with van der Waals surface area (Å²) < 4.78 is 1.71. The van der Waals surface area contributed by atoms with Crippen molar-refractivity contribution in [2.24, 2.45) is 5.92 Å². The Morgan fingerprint density at radius 3 is 2.74 bits per heavy atom. The summed E-state index contributed by atoms with van der Waals surface area (Å²) in [5, 5.41) is 1.27. The van der Waals surface area contributed by atoms with E-state index in [1.165, 1.54) is 43.9 Å². The van der Waals surface area contributed by atoms with Crippen LogP contribution in [0.3, 0.4) is 0 Å². The molecule has 6 heteroatoms. The molecule has 27 heavy (non-hydrogen) atoms. The minimum absolute atomic E-state index is 0.0204. The molecule has 146 valence electrons. The molecule has 0 bridgehead atoms. The second-order valence-corrected chi connectivity index (χ2v) is 8.38. The maximum absolute atomic E-state index is 12.8. The molecule has 0 aliphatic heterocycles. The highest BCUT2D eigenvalue weighted by atomic mass is 32.2. The average Bonchev–Trinajstić information content (AvgIpc) is 2.69. The third-order valence-corrected chi connectivity index (χ3v) is 6.24. The van der Waals surface area contributed by atoms with Crippen molar-refractivity contribution >= 4 is 28.6 Å². The Kier molecular flexibility index (Phi) is 6.94. The predicted octanol–water partition coefficient (Wildman–Crippen LogP) is 3.94. The zero-order chi connectivity index (χ0) is 19.2. The van der Waals surface area contributed by atoms with Crippen LogP contribution in [0.1, 0.15) is 45.4 Å². The molecule has 1 aliphatic carbocycles. The second kappa shape index (κ2) is 9.40. The predicted molar refractivity (Wildman–Crippen MR) is 111 cm³/mol. The van der Waals surface area contributed by atoms with Crippen LogP contribution < -0.4 is 5.56 Å². The molecule has 1 heterocycles. The van der Waals surface area contributed by atoms with Crippen molar-refractivity contribution in [2.45, 2.75) is 57.1 Å². The van der Waals surface area contributed by atoms with Gasteiger partial charge < -0.3 is 4.90 Å². The summed E-state index contributed by atoms with van der Waals surface area (Å²) in [7, 11) is 1.89. The molecule has 0 spiro atoms. The van der Waals surface area contributed by atoms with Gasteiger partial charge in [-0.1, -0.05) is 50.1 Å². The Labute approximate surface area is 165 Å². The van der Waals surface area contributed by atoms with Crippen LogP contribution in [0.5, 0.6) is 0 Å². The van der Waals surface area contributed by atoms with Gasteiger partial charge in [0.05, 0.1) is 16.7 Å². The van der Waals surface area contributed by atoms with Gasteiger partial charge in [0.25, 0.3) is 5.56 Å². The number of rotatable bonds is 7. The number of nitrogens with zero attached hydrogens (tertiary/aromatic N) is 3. The summed E-state index contributed by atoms with van der Waals surface area (Å²) in [6, 6.07) is 7.41. The molecule has 0 saturated heterocycles. The van der Waals surface area contributed by atoms with E-state index in [0.29, 0.717) is 34.3 Å². The fraction of sp³-hybridized carbons (Fsp3) is 0.571. The number of aromatic nitrogens is 2.